The predicted octanol–water partition coefficient (Wildman–Crippen LogP) is 4.12. The molecule has 1 aliphatic carbocycles. The summed E-state index contributed by atoms with van der Waals surface area (Å²) in [5.41, 5.74) is 0.883. The maximum Gasteiger partial charge on any atom is 0.191 e. The van der Waals surface area contributed by atoms with E-state index in [4.69, 9.17) is 9.73 Å². The molecule has 2 N–H and O–H groups in total. The fraction of sp³-hybridized carbons (Fsp3) is 0.720. The first-order chi connectivity index (χ1) is 15.5. The van der Waals surface area contributed by atoms with Crippen LogP contribution < -0.4 is 15.4 Å². The maximum atomic E-state index is 14.5. The third-order valence-corrected chi connectivity index (χ3v) is 6.37. The van der Waals surface area contributed by atoms with E-state index in [1.54, 1.807) is 12.1 Å². The quantitative estimate of drug-likeness (QED) is 0.236. The van der Waals surface area contributed by atoms with Gasteiger partial charge in [-0.15, -0.1) is 24.0 Å². The summed E-state index contributed by atoms with van der Waals surface area (Å²) < 4.78 is 20.1. The molecule has 0 bridgehead atoms. The van der Waals surface area contributed by atoms with E-state index >= 15 is 0 Å². The summed E-state index contributed by atoms with van der Waals surface area (Å²) in [5.74, 6) is 1.92. The van der Waals surface area contributed by atoms with Gasteiger partial charge in [-0.05, 0) is 62.8 Å². The lowest BCUT2D eigenvalue weighted by molar-refractivity contribution is 0.125. The normalized spacial score (nSPS) is 19.5. The Labute approximate surface area is 216 Å². The zero-order valence-electron chi connectivity index (χ0n) is 20.8. The maximum absolute atomic E-state index is 14.5. The van der Waals surface area contributed by atoms with Gasteiger partial charge in [-0.2, -0.15) is 0 Å². The number of piperazine rings is 1. The summed E-state index contributed by atoms with van der Waals surface area (Å²) in [4.78, 5) is 9.86. The molecule has 188 valence electrons. The Kier molecular flexibility index (Phi) is 12.2. The van der Waals surface area contributed by atoms with Gasteiger partial charge in [0.15, 0.2) is 17.5 Å². The number of likely N-dealkylation sites (N-methyl/N-ethyl adjacent to an activating group) is 1. The minimum atomic E-state index is -0.296. The smallest absolute Gasteiger partial charge is 0.191 e. The number of benzene rings is 1. The number of ether oxygens (including phenoxy) is 1. The number of nitrogens with zero attached hydrogens (tertiary/aromatic N) is 3. The Morgan fingerprint density at radius 3 is 2.45 bits per heavy atom. The van der Waals surface area contributed by atoms with Crippen LogP contribution in [-0.2, 0) is 0 Å². The zero-order chi connectivity index (χ0) is 22.9. The highest BCUT2D eigenvalue weighted by atomic mass is 127. The van der Waals surface area contributed by atoms with Crippen molar-refractivity contribution in [3.63, 3.8) is 0 Å². The van der Waals surface area contributed by atoms with Crippen LogP contribution >= 0.6 is 24.0 Å². The summed E-state index contributed by atoms with van der Waals surface area (Å²) in [6.45, 7) is 17.6. The predicted molar refractivity (Wildman–Crippen MR) is 145 cm³/mol. The van der Waals surface area contributed by atoms with Crippen molar-refractivity contribution >= 4 is 29.9 Å². The number of aliphatic imine (C=N–C) groups is 1. The van der Waals surface area contributed by atoms with Gasteiger partial charge in [0, 0.05) is 45.8 Å². The number of guanidine groups is 1. The molecule has 0 spiro atoms. The standard InChI is InChI=1S/C25H42FN5O.HI/c1-5-27-25(28-16-19(3)17-31-13-11-30(6-2)12-14-31)29-20(4)22-9-10-24(23(26)15-22)32-18-21-7-8-21;/h9-10,15,19-21H,5-8,11-14,16-18H2,1-4H3,(H2,27,28,29);1H. The van der Waals surface area contributed by atoms with E-state index in [-0.39, 0.29) is 35.8 Å². The highest BCUT2D eigenvalue weighted by Gasteiger charge is 2.23. The van der Waals surface area contributed by atoms with Gasteiger partial charge in [0.2, 0.25) is 0 Å². The first kappa shape index (κ1) is 28.1. The second-order valence-electron chi connectivity index (χ2n) is 9.37. The van der Waals surface area contributed by atoms with Crippen LogP contribution in [0.5, 0.6) is 5.75 Å². The van der Waals surface area contributed by atoms with Gasteiger partial charge in [-0.25, -0.2) is 4.39 Å². The molecule has 1 aliphatic heterocycles. The van der Waals surface area contributed by atoms with Crippen LogP contribution in [0.25, 0.3) is 0 Å². The van der Waals surface area contributed by atoms with Crippen molar-refractivity contribution in [2.24, 2.45) is 16.8 Å². The summed E-state index contributed by atoms with van der Waals surface area (Å²) >= 11 is 0. The third kappa shape index (κ3) is 9.56. The van der Waals surface area contributed by atoms with Gasteiger partial charge < -0.3 is 25.2 Å². The van der Waals surface area contributed by atoms with Gasteiger partial charge in [0.25, 0.3) is 0 Å². The zero-order valence-corrected chi connectivity index (χ0v) is 23.1. The third-order valence-electron chi connectivity index (χ3n) is 6.37. The van der Waals surface area contributed by atoms with E-state index in [9.17, 15) is 4.39 Å². The average Bonchev–Trinajstić information content (AvgIpc) is 3.62. The highest BCUT2D eigenvalue weighted by molar-refractivity contribution is 14.0. The van der Waals surface area contributed by atoms with E-state index in [1.807, 2.05) is 13.0 Å². The van der Waals surface area contributed by atoms with E-state index in [1.165, 1.54) is 12.8 Å². The van der Waals surface area contributed by atoms with E-state index < -0.39 is 0 Å². The van der Waals surface area contributed by atoms with Crippen LogP contribution in [0, 0.1) is 17.7 Å². The largest absolute Gasteiger partial charge is 0.490 e. The second-order valence-corrected chi connectivity index (χ2v) is 9.37. The molecule has 0 radical (unpaired) electrons. The van der Waals surface area contributed by atoms with Crippen molar-refractivity contribution in [1.82, 2.24) is 20.4 Å². The number of rotatable bonds is 11. The number of halogens is 2. The van der Waals surface area contributed by atoms with E-state index in [0.29, 0.717) is 24.2 Å². The van der Waals surface area contributed by atoms with Crippen molar-refractivity contribution in [3.05, 3.63) is 29.6 Å². The molecule has 3 rings (SSSR count). The first-order valence-corrected chi connectivity index (χ1v) is 12.4. The van der Waals surface area contributed by atoms with Crippen molar-refractivity contribution in [2.75, 3.05) is 59.0 Å². The topological polar surface area (TPSA) is 52.1 Å². The van der Waals surface area contributed by atoms with Crippen LogP contribution in [-0.4, -0.2) is 74.7 Å². The molecule has 2 fully saturated rings. The molecule has 1 saturated heterocycles. The lowest BCUT2D eigenvalue weighted by Gasteiger charge is -2.35. The van der Waals surface area contributed by atoms with Crippen LogP contribution in [0.4, 0.5) is 4.39 Å². The van der Waals surface area contributed by atoms with Crippen LogP contribution in [0.15, 0.2) is 23.2 Å². The molecule has 33 heavy (non-hydrogen) atoms. The van der Waals surface area contributed by atoms with Crippen LogP contribution in [0.2, 0.25) is 0 Å². The fourth-order valence-electron chi connectivity index (χ4n) is 4.04. The molecular weight excluding hydrogens is 532 g/mol. The van der Waals surface area contributed by atoms with E-state index in [2.05, 4.69) is 41.2 Å². The molecule has 1 saturated carbocycles. The second kappa shape index (κ2) is 14.3. The molecule has 6 nitrogen and oxygen atoms in total. The summed E-state index contributed by atoms with van der Waals surface area (Å²) in [6, 6.07) is 5.19. The Morgan fingerprint density at radius 2 is 1.85 bits per heavy atom. The number of hydrogen-bond donors (Lipinski definition) is 2. The van der Waals surface area contributed by atoms with Crippen molar-refractivity contribution in [3.8, 4) is 5.75 Å². The fourth-order valence-corrected chi connectivity index (χ4v) is 4.04. The van der Waals surface area contributed by atoms with Gasteiger partial charge in [0.1, 0.15) is 0 Å². The Bertz CT molecular complexity index is 738. The molecule has 1 heterocycles. The molecule has 0 aromatic heterocycles. The molecule has 2 atom stereocenters. The molecule has 1 aromatic rings. The molecular formula is C25H43FIN5O. The summed E-state index contributed by atoms with van der Waals surface area (Å²) in [7, 11) is 0. The average molecular weight is 576 g/mol. The van der Waals surface area contributed by atoms with Crippen molar-refractivity contribution in [2.45, 2.75) is 46.6 Å². The number of nitrogens with one attached hydrogen (secondary N) is 2. The Morgan fingerprint density at radius 1 is 1.15 bits per heavy atom. The SMILES string of the molecule is CCNC(=NCC(C)CN1CCN(CC)CC1)NC(C)c1ccc(OCC2CC2)c(F)c1.I. The molecule has 1 aromatic carbocycles. The number of hydrogen-bond acceptors (Lipinski definition) is 4. The molecule has 0 amide bonds. The first-order valence-electron chi connectivity index (χ1n) is 12.4. The van der Waals surface area contributed by atoms with Crippen molar-refractivity contribution < 1.29 is 9.13 Å². The summed E-state index contributed by atoms with van der Waals surface area (Å²) in [5, 5.41) is 6.75. The lowest BCUT2D eigenvalue weighted by Crippen LogP contribution is -2.47. The Hall–Kier alpha value is -1.13. The Balaban J connectivity index is 0.00000385. The van der Waals surface area contributed by atoms with E-state index in [0.717, 1.165) is 63.9 Å². The molecule has 2 unspecified atom stereocenters. The van der Waals surface area contributed by atoms with Crippen molar-refractivity contribution in [1.29, 1.82) is 0 Å². The van der Waals surface area contributed by atoms with Crippen LogP contribution in [0.1, 0.15) is 52.1 Å². The molecule has 8 heteroatoms. The monoisotopic (exact) mass is 575 g/mol. The highest BCUT2D eigenvalue weighted by Crippen LogP contribution is 2.30. The van der Waals surface area contributed by atoms with Gasteiger partial charge in [0.05, 0.1) is 12.6 Å². The minimum absolute atomic E-state index is 0. The summed E-state index contributed by atoms with van der Waals surface area (Å²) in [6.07, 6.45) is 2.39. The van der Waals surface area contributed by atoms with Gasteiger partial charge in [-0.1, -0.05) is 19.9 Å². The van der Waals surface area contributed by atoms with Crippen LogP contribution in [0.3, 0.4) is 0 Å². The minimum Gasteiger partial charge on any atom is -0.490 e. The van der Waals surface area contributed by atoms with Gasteiger partial charge >= 0.3 is 0 Å². The lowest BCUT2D eigenvalue weighted by atomic mass is 10.1. The molecule has 2 aliphatic rings. The van der Waals surface area contributed by atoms with Gasteiger partial charge in [-0.3, -0.25) is 4.99 Å².